The van der Waals surface area contributed by atoms with E-state index in [1.165, 1.54) is 19.3 Å². The summed E-state index contributed by atoms with van der Waals surface area (Å²) in [6.07, 6.45) is 7.25. The first-order valence-electron chi connectivity index (χ1n) is 9.87. The van der Waals surface area contributed by atoms with Crippen molar-refractivity contribution in [1.82, 2.24) is 15.3 Å². The van der Waals surface area contributed by atoms with E-state index in [4.69, 9.17) is 23.2 Å². The highest BCUT2D eigenvalue weighted by Gasteiger charge is 2.51. The lowest BCUT2D eigenvalue weighted by Gasteiger charge is -2.56. The molecule has 6 rings (SSSR count). The Bertz CT molecular complexity index is 860. The molecule has 0 radical (unpaired) electrons. The SMILES string of the molecule is O=C(Nc1nc(Cl)c(-c2ccccc2)c(Cl)n1)NC12CC3CC(CC(C3)C1)C2. The van der Waals surface area contributed by atoms with Gasteiger partial charge in [-0.15, -0.1) is 0 Å². The second-order valence-electron chi connectivity index (χ2n) is 8.65. The molecular weight excluding hydrogens is 395 g/mol. The molecule has 2 amide bonds. The van der Waals surface area contributed by atoms with Gasteiger partial charge in [-0.25, -0.2) is 4.79 Å². The summed E-state index contributed by atoms with van der Waals surface area (Å²) in [6.45, 7) is 0. The third kappa shape index (κ3) is 3.35. The first-order chi connectivity index (χ1) is 13.5. The number of aromatic nitrogens is 2. The van der Waals surface area contributed by atoms with Crippen LogP contribution in [0.4, 0.5) is 10.7 Å². The summed E-state index contributed by atoms with van der Waals surface area (Å²) in [5.41, 5.74) is 1.33. The topological polar surface area (TPSA) is 66.9 Å². The summed E-state index contributed by atoms with van der Waals surface area (Å²) in [5.74, 6) is 2.41. The fourth-order valence-corrected chi connectivity index (χ4v) is 6.55. The molecule has 146 valence electrons. The van der Waals surface area contributed by atoms with Gasteiger partial charge in [0.15, 0.2) is 0 Å². The molecule has 0 unspecified atom stereocenters. The van der Waals surface area contributed by atoms with Gasteiger partial charge < -0.3 is 5.32 Å². The fraction of sp³-hybridized carbons (Fsp3) is 0.476. The van der Waals surface area contributed by atoms with E-state index in [1.807, 2.05) is 30.3 Å². The van der Waals surface area contributed by atoms with Gasteiger partial charge in [-0.3, -0.25) is 5.32 Å². The van der Waals surface area contributed by atoms with Crippen LogP contribution in [0.15, 0.2) is 30.3 Å². The molecule has 1 heterocycles. The van der Waals surface area contributed by atoms with E-state index in [9.17, 15) is 4.79 Å². The van der Waals surface area contributed by atoms with Crippen LogP contribution in [0.3, 0.4) is 0 Å². The lowest BCUT2D eigenvalue weighted by molar-refractivity contribution is -0.0127. The van der Waals surface area contributed by atoms with Crippen LogP contribution < -0.4 is 10.6 Å². The predicted molar refractivity (Wildman–Crippen MR) is 111 cm³/mol. The van der Waals surface area contributed by atoms with Crippen molar-refractivity contribution in [3.05, 3.63) is 40.6 Å². The van der Waals surface area contributed by atoms with Crippen LogP contribution in [0.5, 0.6) is 0 Å². The summed E-state index contributed by atoms with van der Waals surface area (Å²) < 4.78 is 0. The van der Waals surface area contributed by atoms with Gasteiger partial charge in [0.2, 0.25) is 5.95 Å². The zero-order chi connectivity index (χ0) is 19.3. The number of nitrogens with zero attached hydrogens (tertiary/aromatic N) is 2. The highest BCUT2D eigenvalue weighted by Crippen LogP contribution is 2.55. The molecule has 0 saturated heterocycles. The lowest BCUT2D eigenvalue weighted by atomic mass is 9.53. The summed E-state index contributed by atoms with van der Waals surface area (Å²) in [6, 6.07) is 9.21. The Hall–Kier alpha value is -1.85. The molecule has 2 aromatic rings. The summed E-state index contributed by atoms with van der Waals surface area (Å²) in [4.78, 5) is 21.2. The van der Waals surface area contributed by atoms with Crippen molar-refractivity contribution in [2.75, 3.05) is 5.32 Å². The second-order valence-corrected chi connectivity index (χ2v) is 9.36. The number of amides is 2. The smallest absolute Gasteiger partial charge is 0.322 e. The van der Waals surface area contributed by atoms with E-state index in [2.05, 4.69) is 20.6 Å². The number of anilines is 1. The van der Waals surface area contributed by atoms with E-state index in [0.29, 0.717) is 5.56 Å². The van der Waals surface area contributed by atoms with E-state index >= 15 is 0 Å². The van der Waals surface area contributed by atoms with Crippen molar-refractivity contribution in [1.29, 1.82) is 0 Å². The Kier molecular flexibility index (Phi) is 4.48. The second kappa shape index (κ2) is 6.89. The molecular formula is C21H22Cl2N4O. The lowest BCUT2D eigenvalue weighted by Crippen LogP contribution is -2.60. The number of halogens is 2. The highest BCUT2D eigenvalue weighted by molar-refractivity contribution is 6.37. The molecule has 1 aromatic carbocycles. The quantitative estimate of drug-likeness (QED) is 0.645. The van der Waals surface area contributed by atoms with E-state index in [-0.39, 0.29) is 27.8 Å². The maximum absolute atomic E-state index is 12.7. The van der Waals surface area contributed by atoms with Crippen molar-refractivity contribution in [2.24, 2.45) is 17.8 Å². The maximum Gasteiger partial charge on any atom is 0.322 e. The number of benzene rings is 1. The molecule has 4 bridgehead atoms. The van der Waals surface area contributed by atoms with Crippen molar-refractivity contribution in [3.63, 3.8) is 0 Å². The maximum atomic E-state index is 12.7. The van der Waals surface area contributed by atoms with Crippen molar-refractivity contribution in [3.8, 4) is 11.1 Å². The normalized spacial score (nSPS) is 30.3. The molecule has 0 spiro atoms. The Morgan fingerprint density at radius 2 is 1.46 bits per heavy atom. The van der Waals surface area contributed by atoms with Crippen LogP contribution in [-0.2, 0) is 0 Å². The van der Waals surface area contributed by atoms with E-state index in [1.54, 1.807) is 0 Å². The Balaban J connectivity index is 1.32. The minimum atomic E-state index is -0.276. The van der Waals surface area contributed by atoms with Gasteiger partial charge in [0.1, 0.15) is 10.3 Å². The number of carbonyl (C=O) groups excluding carboxylic acids is 1. The summed E-state index contributed by atoms with van der Waals surface area (Å²) >= 11 is 12.7. The van der Waals surface area contributed by atoms with Crippen molar-refractivity contribution >= 4 is 35.2 Å². The van der Waals surface area contributed by atoms with E-state index < -0.39 is 0 Å². The van der Waals surface area contributed by atoms with Gasteiger partial charge in [-0.1, -0.05) is 53.5 Å². The zero-order valence-corrected chi connectivity index (χ0v) is 16.9. The standard InChI is InChI=1S/C21H22Cl2N4O/c22-17-16(15-4-2-1-3-5-15)18(23)25-19(24-17)26-20(28)27-21-9-12-6-13(10-21)8-14(7-12)11-21/h1-5,12-14H,6-11H2,(H2,24,25,26,27,28). The molecule has 5 nitrogen and oxygen atoms in total. The first-order valence-corrected chi connectivity index (χ1v) is 10.6. The van der Waals surface area contributed by atoms with Gasteiger partial charge in [0.05, 0.1) is 5.56 Å². The largest absolute Gasteiger partial charge is 0.332 e. The van der Waals surface area contributed by atoms with Crippen LogP contribution in [0.2, 0.25) is 10.3 Å². The van der Waals surface area contributed by atoms with Gasteiger partial charge in [0, 0.05) is 5.54 Å². The monoisotopic (exact) mass is 416 g/mol. The minimum absolute atomic E-state index is 0.0730. The molecule has 2 N–H and O–H groups in total. The number of urea groups is 1. The van der Waals surface area contributed by atoms with Crippen LogP contribution in [-0.4, -0.2) is 21.5 Å². The fourth-order valence-electron chi connectivity index (χ4n) is 5.94. The van der Waals surface area contributed by atoms with Crippen molar-refractivity contribution < 1.29 is 4.79 Å². The van der Waals surface area contributed by atoms with Gasteiger partial charge >= 0.3 is 6.03 Å². The molecule has 4 aliphatic rings. The average Bonchev–Trinajstić information content (AvgIpc) is 2.60. The van der Waals surface area contributed by atoms with Crippen LogP contribution in [0.25, 0.3) is 11.1 Å². The molecule has 28 heavy (non-hydrogen) atoms. The highest BCUT2D eigenvalue weighted by atomic mass is 35.5. The third-order valence-corrected chi connectivity index (χ3v) is 7.07. The molecule has 1 aromatic heterocycles. The predicted octanol–water partition coefficient (Wildman–Crippen LogP) is 5.54. The number of hydrogen-bond donors (Lipinski definition) is 2. The van der Waals surface area contributed by atoms with Crippen LogP contribution >= 0.6 is 23.2 Å². The molecule has 4 fully saturated rings. The number of hydrogen-bond acceptors (Lipinski definition) is 3. The van der Waals surface area contributed by atoms with Gasteiger partial charge in [0.25, 0.3) is 0 Å². The van der Waals surface area contributed by atoms with Crippen LogP contribution in [0.1, 0.15) is 38.5 Å². The number of nitrogens with one attached hydrogen (secondary N) is 2. The number of carbonyl (C=O) groups is 1. The Labute approximate surface area is 174 Å². The molecule has 4 aliphatic carbocycles. The van der Waals surface area contributed by atoms with Crippen molar-refractivity contribution in [2.45, 2.75) is 44.1 Å². The summed E-state index contributed by atoms with van der Waals surface area (Å²) in [5, 5.41) is 6.42. The first kappa shape index (κ1) is 18.2. The Morgan fingerprint density at radius 1 is 0.929 bits per heavy atom. The van der Waals surface area contributed by atoms with E-state index in [0.717, 1.165) is 42.6 Å². The molecule has 7 heteroatoms. The Morgan fingerprint density at radius 3 is 2.00 bits per heavy atom. The number of rotatable bonds is 3. The van der Waals surface area contributed by atoms with Gasteiger partial charge in [-0.2, -0.15) is 9.97 Å². The molecule has 0 atom stereocenters. The average molecular weight is 417 g/mol. The van der Waals surface area contributed by atoms with Gasteiger partial charge in [-0.05, 0) is 61.8 Å². The third-order valence-electron chi connectivity index (χ3n) is 6.53. The molecule has 0 aliphatic heterocycles. The zero-order valence-electron chi connectivity index (χ0n) is 15.4. The minimum Gasteiger partial charge on any atom is -0.332 e. The van der Waals surface area contributed by atoms with Crippen LogP contribution in [0, 0.1) is 17.8 Å². The molecule has 4 saturated carbocycles. The summed E-state index contributed by atoms with van der Waals surface area (Å²) in [7, 11) is 0.